The van der Waals surface area contributed by atoms with E-state index in [0.29, 0.717) is 31.0 Å². The van der Waals surface area contributed by atoms with Gasteiger partial charge in [0.2, 0.25) is 0 Å². The van der Waals surface area contributed by atoms with Gasteiger partial charge in [-0.1, -0.05) is 60.1 Å². The van der Waals surface area contributed by atoms with Crippen LogP contribution in [0.4, 0.5) is 0 Å². The fraction of sp³-hybridized carbons (Fsp3) is 0.889. The average molecular weight is 619 g/mol. The van der Waals surface area contributed by atoms with E-state index in [2.05, 4.69) is 54.5 Å². The van der Waals surface area contributed by atoms with Crippen LogP contribution in [0.3, 0.4) is 0 Å². The molecule has 1 unspecified atom stereocenters. The third kappa shape index (κ3) is 4.79. The summed E-state index contributed by atoms with van der Waals surface area (Å²) in [5.74, 6) is 0.337. The number of esters is 1. The molecule has 5 N–H and O–H groups in total. The molecule has 4 fully saturated rings. The van der Waals surface area contributed by atoms with Gasteiger partial charge in [-0.25, -0.2) is 0 Å². The number of aliphatic hydroxyl groups excluding tert-OH is 5. The second kappa shape index (κ2) is 11.1. The minimum atomic E-state index is -1.86. The predicted octanol–water partition coefficient (Wildman–Crippen LogP) is 4.33. The van der Waals surface area contributed by atoms with Crippen molar-refractivity contribution in [3.05, 3.63) is 11.6 Å². The maximum Gasteiger partial charge on any atom is 0.313 e. The Balaban J connectivity index is 1.51. The van der Waals surface area contributed by atoms with E-state index in [1.807, 2.05) is 0 Å². The van der Waals surface area contributed by atoms with E-state index in [-0.39, 0.29) is 39.1 Å². The predicted molar refractivity (Wildman–Crippen MR) is 166 cm³/mol. The first-order valence-corrected chi connectivity index (χ1v) is 17.0. The van der Waals surface area contributed by atoms with Crippen LogP contribution >= 0.6 is 0 Å². The third-order valence-electron chi connectivity index (χ3n) is 14.7. The Bertz CT molecular complexity index is 1160. The summed E-state index contributed by atoms with van der Waals surface area (Å²) in [6.45, 7) is 15.6. The van der Waals surface area contributed by atoms with Crippen LogP contribution in [-0.2, 0) is 14.3 Å². The molecule has 0 aromatic heterocycles. The van der Waals surface area contributed by atoms with Crippen LogP contribution in [0.5, 0.6) is 0 Å². The van der Waals surface area contributed by atoms with Crippen molar-refractivity contribution in [2.75, 3.05) is 6.61 Å². The topological polar surface area (TPSA) is 145 Å². The van der Waals surface area contributed by atoms with Crippen molar-refractivity contribution in [2.24, 2.45) is 50.2 Å². The van der Waals surface area contributed by atoms with Crippen LogP contribution in [0.15, 0.2) is 11.6 Å². The van der Waals surface area contributed by atoms with Gasteiger partial charge in [0.25, 0.3) is 0 Å². The van der Waals surface area contributed by atoms with Crippen molar-refractivity contribution in [1.82, 2.24) is 0 Å². The molecule has 44 heavy (non-hydrogen) atoms. The standard InChI is InChI=1S/C36H58O8/c1-31(2)14-16-36(30(43)44-24(20-38)29(42)28(41)23(39)19-37)17-15-34(6)21(22(36)18-31)8-9-26-33(5)12-11-27(40)32(3,4)25(33)10-13-35(26,34)7/h8,20,22-29,37,39-42H,9-19H2,1-7H3/t22-,23+,24-,25-,26?,27-,28+,29+,33-,34+,35+,36-/m0/s1. The quantitative estimate of drug-likeness (QED) is 0.161. The number of fused-ring (bicyclic) bond motifs is 7. The maximum atomic E-state index is 14.2. The maximum absolute atomic E-state index is 14.2. The number of carbonyl (C=O) groups excluding carboxylic acids is 2. The summed E-state index contributed by atoms with van der Waals surface area (Å²) in [7, 11) is 0. The first-order chi connectivity index (χ1) is 20.3. The number of allylic oxidation sites excluding steroid dienone is 2. The number of aldehydes is 1. The molecule has 0 aromatic carbocycles. The molecule has 0 amide bonds. The molecule has 0 spiro atoms. The molecule has 8 nitrogen and oxygen atoms in total. The number of hydrogen-bond donors (Lipinski definition) is 5. The summed E-state index contributed by atoms with van der Waals surface area (Å²) in [6.07, 6.45) is 4.16. The van der Waals surface area contributed by atoms with E-state index in [1.165, 1.54) is 5.57 Å². The van der Waals surface area contributed by atoms with Crippen molar-refractivity contribution in [1.29, 1.82) is 0 Å². The van der Waals surface area contributed by atoms with E-state index in [1.54, 1.807) is 0 Å². The first kappa shape index (κ1) is 34.0. The minimum Gasteiger partial charge on any atom is -0.451 e. The molecule has 5 aliphatic rings. The molecule has 5 rings (SSSR count). The lowest BCUT2D eigenvalue weighted by molar-refractivity contribution is -0.209. The molecular formula is C36H58O8. The van der Waals surface area contributed by atoms with E-state index in [4.69, 9.17) is 4.74 Å². The highest BCUT2D eigenvalue weighted by Gasteiger charge is 2.69. The molecule has 8 heteroatoms. The largest absolute Gasteiger partial charge is 0.451 e. The Morgan fingerprint density at radius 2 is 1.59 bits per heavy atom. The summed E-state index contributed by atoms with van der Waals surface area (Å²) in [6, 6.07) is 0. The van der Waals surface area contributed by atoms with Gasteiger partial charge in [-0.3, -0.25) is 9.59 Å². The van der Waals surface area contributed by atoms with Crippen molar-refractivity contribution < 1.29 is 39.9 Å². The third-order valence-corrected chi connectivity index (χ3v) is 14.7. The van der Waals surface area contributed by atoms with E-state index < -0.39 is 42.4 Å². The van der Waals surface area contributed by atoms with Gasteiger partial charge in [0, 0.05) is 0 Å². The smallest absolute Gasteiger partial charge is 0.313 e. The monoisotopic (exact) mass is 618 g/mol. The summed E-state index contributed by atoms with van der Waals surface area (Å²) >= 11 is 0. The summed E-state index contributed by atoms with van der Waals surface area (Å²) in [4.78, 5) is 26.3. The Kier molecular flexibility index (Phi) is 8.62. The van der Waals surface area contributed by atoms with Crippen LogP contribution in [0.2, 0.25) is 0 Å². The molecule has 5 aliphatic carbocycles. The number of carbonyl (C=O) groups is 2. The van der Waals surface area contributed by atoms with Crippen LogP contribution in [-0.4, -0.2) is 74.9 Å². The van der Waals surface area contributed by atoms with Crippen molar-refractivity contribution in [3.63, 3.8) is 0 Å². The molecule has 0 radical (unpaired) electrons. The SMILES string of the molecule is CC1(C)CC[C@]2(C(=O)O[C@@H](C=O)[C@@H](O)[C@H](O)[C@H](O)CO)CC[C@]3(C)C(=CCC4[C@@]5(C)CC[C@H](O)C(C)(C)[C@@H]5CC[C@]43C)[C@@H]2C1. The highest BCUT2D eigenvalue weighted by Crippen LogP contribution is 2.75. The second-order valence-electron chi connectivity index (χ2n) is 17.5. The molecule has 0 aromatic rings. The number of ether oxygens (including phenoxy) is 1. The Morgan fingerprint density at radius 3 is 2.23 bits per heavy atom. The Labute approximate surface area is 263 Å². The number of rotatable bonds is 7. The van der Waals surface area contributed by atoms with Gasteiger partial charge < -0.3 is 30.3 Å². The minimum absolute atomic E-state index is 0.0173. The summed E-state index contributed by atoms with van der Waals surface area (Å²) in [5, 5.41) is 50.9. The van der Waals surface area contributed by atoms with Gasteiger partial charge in [-0.05, 0) is 109 Å². The molecular weight excluding hydrogens is 560 g/mol. The fourth-order valence-electron chi connectivity index (χ4n) is 11.5. The van der Waals surface area contributed by atoms with E-state index in [0.717, 1.165) is 51.4 Å². The zero-order valence-electron chi connectivity index (χ0n) is 28.0. The fourth-order valence-corrected chi connectivity index (χ4v) is 11.5. The normalized spacial score (nSPS) is 45.1. The molecule has 250 valence electrons. The molecule has 0 aliphatic heterocycles. The highest BCUT2D eigenvalue weighted by molar-refractivity contribution is 5.80. The van der Waals surface area contributed by atoms with Gasteiger partial charge in [0.15, 0.2) is 12.4 Å². The molecule has 0 heterocycles. The van der Waals surface area contributed by atoms with Gasteiger partial charge in [-0.2, -0.15) is 0 Å². The molecule has 0 bridgehead atoms. The number of aliphatic hydroxyl groups is 5. The van der Waals surface area contributed by atoms with E-state index in [9.17, 15) is 35.1 Å². The first-order valence-electron chi connectivity index (χ1n) is 17.0. The second-order valence-corrected chi connectivity index (χ2v) is 17.5. The van der Waals surface area contributed by atoms with Crippen LogP contribution in [0.1, 0.15) is 113 Å². The summed E-state index contributed by atoms with van der Waals surface area (Å²) in [5.41, 5.74) is 0.434. The molecule has 12 atom stereocenters. The lowest BCUT2D eigenvalue weighted by Crippen LogP contribution is -2.65. The Morgan fingerprint density at radius 1 is 0.932 bits per heavy atom. The molecule has 0 saturated heterocycles. The lowest BCUT2D eigenvalue weighted by atomic mass is 9.33. The van der Waals surface area contributed by atoms with Gasteiger partial charge in [-0.15, -0.1) is 0 Å². The Hall–Kier alpha value is -1.32. The highest BCUT2D eigenvalue weighted by atomic mass is 16.6. The summed E-state index contributed by atoms with van der Waals surface area (Å²) < 4.78 is 5.75. The zero-order chi connectivity index (χ0) is 32.7. The van der Waals surface area contributed by atoms with Crippen LogP contribution in [0, 0.1) is 50.2 Å². The van der Waals surface area contributed by atoms with Crippen molar-refractivity contribution in [3.8, 4) is 0 Å². The zero-order valence-corrected chi connectivity index (χ0v) is 28.0. The molecule has 4 saturated carbocycles. The lowest BCUT2D eigenvalue weighted by Gasteiger charge is -2.71. The van der Waals surface area contributed by atoms with Crippen LogP contribution in [0.25, 0.3) is 0 Å². The van der Waals surface area contributed by atoms with Gasteiger partial charge in [0.05, 0.1) is 18.1 Å². The average Bonchev–Trinajstić information content (AvgIpc) is 2.96. The van der Waals surface area contributed by atoms with Crippen molar-refractivity contribution >= 4 is 12.3 Å². The van der Waals surface area contributed by atoms with Gasteiger partial charge >= 0.3 is 5.97 Å². The van der Waals surface area contributed by atoms with E-state index >= 15 is 0 Å². The van der Waals surface area contributed by atoms with Gasteiger partial charge in [0.1, 0.15) is 18.3 Å². The number of hydrogen-bond acceptors (Lipinski definition) is 8. The van der Waals surface area contributed by atoms with Crippen molar-refractivity contribution in [2.45, 2.75) is 143 Å². The van der Waals surface area contributed by atoms with Crippen LogP contribution < -0.4 is 0 Å².